The molecule has 0 aromatic carbocycles. The van der Waals surface area contributed by atoms with Crippen molar-refractivity contribution in [3.05, 3.63) is 11.9 Å². The second-order valence-electron chi connectivity index (χ2n) is 3.33. The number of ether oxygens (including phenoxy) is 1. The maximum atomic E-state index is 11.1. The monoisotopic (exact) mass is 228 g/mol. The van der Waals surface area contributed by atoms with E-state index in [1.54, 1.807) is 4.68 Å². The number of thioether (sulfide) groups is 1. The van der Waals surface area contributed by atoms with Crippen LogP contribution >= 0.6 is 11.8 Å². The van der Waals surface area contributed by atoms with Gasteiger partial charge in [-0.2, -0.15) is 16.9 Å². The Morgan fingerprint density at radius 3 is 3.13 bits per heavy atom. The van der Waals surface area contributed by atoms with E-state index in [0.717, 1.165) is 17.9 Å². The van der Waals surface area contributed by atoms with Gasteiger partial charge >= 0.3 is 5.97 Å². The minimum atomic E-state index is -0.985. The van der Waals surface area contributed by atoms with Crippen LogP contribution in [-0.4, -0.2) is 39.5 Å². The Labute approximate surface area is 91.4 Å². The molecule has 1 saturated heterocycles. The second-order valence-corrected chi connectivity index (χ2v) is 4.48. The minimum Gasteiger partial charge on any atom is -0.493 e. The van der Waals surface area contributed by atoms with E-state index in [2.05, 4.69) is 5.10 Å². The van der Waals surface area contributed by atoms with E-state index in [4.69, 9.17) is 9.84 Å². The zero-order valence-corrected chi connectivity index (χ0v) is 9.16. The largest absolute Gasteiger partial charge is 0.493 e. The summed E-state index contributed by atoms with van der Waals surface area (Å²) in [4.78, 5) is 11.1. The van der Waals surface area contributed by atoms with Gasteiger partial charge in [0.1, 0.15) is 0 Å². The molecule has 0 radical (unpaired) electrons. The Kier molecular flexibility index (Phi) is 2.86. The molecule has 0 spiro atoms. The lowest BCUT2D eigenvalue weighted by Crippen LogP contribution is -2.16. The molecule has 82 valence electrons. The van der Waals surface area contributed by atoms with E-state index < -0.39 is 5.97 Å². The molecule has 5 nitrogen and oxygen atoms in total. The summed E-state index contributed by atoms with van der Waals surface area (Å²) in [7, 11) is 1.46. The van der Waals surface area contributed by atoms with Crippen molar-refractivity contribution in [1.82, 2.24) is 9.78 Å². The molecule has 0 bridgehead atoms. The highest BCUT2D eigenvalue weighted by atomic mass is 32.2. The first kappa shape index (κ1) is 10.4. The predicted octanol–water partition coefficient (Wildman–Crippen LogP) is 1.27. The van der Waals surface area contributed by atoms with Gasteiger partial charge in [-0.15, -0.1) is 0 Å². The summed E-state index contributed by atoms with van der Waals surface area (Å²) in [6, 6.07) is 0.185. The third-order valence-electron chi connectivity index (χ3n) is 2.44. The number of methoxy groups -OCH3 is 1. The molecule has 6 heteroatoms. The van der Waals surface area contributed by atoms with Crippen LogP contribution in [0, 0.1) is 0 Å². The van der Waals surface area contributed by atoms with Crippen LogP contribution in [0.2, 0.25) is 0 Å². The van der Waals surface area contributed by atoms with Gasteiger partial charge in [0, 0.05) is 5.75 Å². The molecule has 1 atom stereocenters. The fourth-order valence-electron chi connectivity index (χ4n) is 1.69. The molecule has 1 unspecified atom stereocenters. The molecule has 0 amide bonds. The number of aromatic nitrogens is 2. The van der Waals surface area contributed by atoms with Gasteiger partial charge < -0.3 is 9.84 Å². The summed E-state index contributed by atoms with van der Waals surface area (Å²) in [6.07, 6.45) is 2.43. The Hall–Kier alpha value is -1.17. The van der Waals surface area contributed by atoms with E-state index in [9.17, 15) is 4.79 Å². The lowest BCUT2D eigenvalue weighted by Gasteiger charge is -2.11. The molecule has 1 fully saturated rings. The number of rotatable bonds is 3. The Bertz CT molecular complexity index is 371. The van der Waals surface area contributed by atoms with Gasteiger partial charge in [-0.05, 0) is 12.2 Å². The van der Waals surface area contributed by atoms with Crippen LogP contribution in [0.25, 0.3) is 0 Å². The van der Waals surface area contributed by atoms with E-state index in [1.807, 2.05) is 11.8 Å². The van der Waals surface area contributed by atoms with Gasteiger partial charge in [-0.25, -0.2) is 4.79 Å². The molecule has 1 aliphatic heterocycles. The van der Waals surface area contributed by atoms with Crippen molar-refractivity contribution in [1.29, 1.82) is 0 Å². The average molecular weight is 228 g/mol. The molecule has 1 aromatic rings. The van der Waals surface area contributed by atoms with Crippen molar-refractivity contribution in [3.8, 4) is 5.75 Å². The van der Waals surface area contributed by atoms with Gasteiger partial charge in [0.05, 0.1) is 19.3 Å². The maximum Gasteiger partial charge on any atom is 0.358 e. The number of carboxylic acids is 1. The molecular formula is C9H12N2O3S. The Morgan fingerprint density at radius 1 is 1.80 bits per heavy atom. The third kappa shape index (κ3) is 1.81. The van der Waals surface area contributed by atoms with Crippen LogP contribution in [0.15, 0.2) is 6.20 Å². The highest BCUT2D eigenvalue weighted by Gasteiger charge is 2.26. The molecule has 1 aromatic heterocycles. The average Bonchev–Trinajstić information content (AvgIpc) is 2.85. The molecule has 0 saturated carbocycles. The molecule has 1 N–H and O–H groups in total. The standard InChI is InChI=1S/C9H12N2O3S/c1-14-7-4-10-11(8(7)9(12)13)6-2-3-15-5-6/h4,6H,2-3,5H2,1H3,(H,12,13). The first-order chi connectivity index (χ1) is 7.24. The topological polar surface area (TPSA) is 64.4 Å². The zero-order valence-electron chi connectivity index (χ0n) is 8.34. The number of carboxylic acid groups (broad SMARTS) is 1. The van der Waals surface area contributed by atoms with E-state index in [-0.39, 0.29) is 11.7 Å². The van der Waals surface area contributed by atoms with Crippen LogP contribution in [0.1, 0.15) is 23.0 Å². The van der Waals surface area contributed by atoms with Crippen molar-refractivity contribution in [3.63, 3.8) is 0 Å². The van der Waals surface area contributed by atoms with Crippen LogP contribution in [-0.2, 0) is 0 Å². The lowest BCUT2D eigenvalue weighted by atomic mass is 10.2. The smallest absolute Gasteiger partial charge is 0.358 e. The van der Waals surface area contributed by atoms with E-state index in [1.165, 1.54) is 13.3 Å². The van der Waals surface area contributed by atoms with Crippen molar-refractivity contribution in [2.75, 3.05) is 18.6 Å². The first-order valence-electron chi connectivity index (χ1n) is 4.66. The Morgan fingerprint density at radius 2 is 2.60 bits per heavy atom. The number of aromatic carboxylic acids is 1. The summed E-state index contributed by atoms with van der Waals surface area (Å²) in [5, 5.41) is 13.2. The Balaban J connectivity index is 2.37. The third-order valence-corrected chi connectivity index (χ3v) is 3.58. The zero-order chi connectivity index (χ0) is 10.8. The second kappa shape index (κ2) is 4.14. The predicted molar refractivity (Wildman–Crippen MR) is 56.7 cm³/mol. The van der Waals surface area contributed by atoms with Crippen molar-refractivity contribution in [2.45, 2.75) is 12.5 Å². The van der Waals surface area contributed by atoms with E-state index >= 15 is 0 Å². The minimum absolute atomic E-state index is 0.157. The summed E-state index contributed by atoms with van der Waals surface area (Å²) in [5.74, 6) is 1.33. The SMILES string of the molecule is COc1cnn(C2CCSC2)c1C(=O)O. The van der Waals surface area contributed by atoms with Crippen LogP contribution in [0.4, 0.5) is 0 Å². The first-order valence-corrected chi connectivity index (χ1v) is 5.82. The molecule has 15 heavy (non-hydrogen) atoms. The molecule has 1 aliphatic rings. The van der Waals surface area contributed by atoms with Crippen molar-refractivity contribution in [2.24, 2.45) is 0 Å². The fraction of sp³-hybridized carbons (Fsp3) is 0.556. The highest BCUT2D eigenvalue weighted by Crippen LogP contribution is 2.30. The van der Waals surface area contributed by atoms with Crippen molar-refractivity contribution >= 4 is 17.7 Å². The molecule has 2 heterocycles. The number of hydrogen-bond donors (Lipinski definition) is 1. The highest BCUT2D eigenvalue weighted by molar-refractivity contribution is 7.99. The number of nitrogens with zero attached hydrogens (tertiary/aromatic N) is 2. The summed E-state index contributed by atoms with van der Waals surface area (Å²) in [5.41, 5.74) is 0.157. The molecule has 0 aliphatic carbocycles. The van der Waals surface area contributed by atoms with Gasteiger partial charge in [0.2, 0.25) is 0 Å². The van der Waals surface area contributed by atoms with Crippen LogP contribution < -0.4 is 4.74 Å². The van der Waals surface area contributed by atoms with Gasteiger partial charge in [-0.3, -0.25) is 4.68 Å². The van der Waals surface area contributed by atoms with Crippen molar-refractivity contribution < 1.29 is 14.6 Å². The number of hydrogen-bond acceptors (Lipinski definition) is 4. The summed E-state index contributed by atoms with van der Waals surface area (Å²) >= 11 is 1.82. The maximum absolute atomic E-state index is 11.1. The summed E-state index contributed by atoms with van der Waals surface area (Å²) in [6.45, 7) is 0. The number of carbonyl (C=O) groups is 1. The fourth-order valence-corrected chi connectivity index (χ4v) is 2.88. The lowest BCUT2D eigenvalue weighted by molar-refractivity contribution is 0.0677. The van der Waals surface area contributed by atoms with Gasteiger partial charge in [0.15, 0.2) is 11.4 Å². The van der Waals surface area contributed by atoms with E-state index in [0.29, 0.717) is 5.75 Å². The normalized spacial score (nSPS) is 20.5. The molecule has 2 rings (SSSR count). The van der Waals surface area contributed by atoms with Crippen LogP contribution in [0.3, 0.4) is 0 Å². The van der Waals surface area contributed by atoms with Gasteiger partial charge in [-0.1, -0.05) is 0 Å². The quantitative estimate of drug-likeness (QED) is 0.844. The summed E-state index contributed by atoms with van der Waals surface area (Å²) < 4.78 is 6.55. The van der Waals surface area contributed by atoms with Crippen LogP contribution in [0.5, 0.6) is 5.75 Å². The molecular weight excluding hydrogens is 216 g/mol. The van der Waals surface area contributed by atoms with Gasteiger partial charge in [0.25, 0.3) is 0 Å².